The van der Waals surface area contributed by atoms with E-state index in [2.05, 4.69) is 21.2 Å². The third-order valence-corrected chi connectivity index (χ3v) is 3.64. The van der Waals surface area contributed by atoms with Gasteiger partial charge in [0.1, 0.15) is 0 Å². The molecule has 1 aromatic carbocycles. The standard InChI is InChI=1S/C14H18BrF3N2O/c1-8(2)5-9(7-19)13(21)20-10-3-4-12(15)11(6-10)14(16,17)18/h3-4,6,8-9H,5,7,19H2,1-2H3,(H,20,21). The van der Waals surface area contributed by atoms with E-state index in [1.165, 1.54) is 12.1 Å². The molecule has 1 aromatic rings. The Morgan fingerprint density at radius 3 is 2.48 bits per heavy atom. The van der Waals surface area contributed by atoms with Crippen LogP contribution in [-0.2, 0) is 11.0 Å². The van der Waals surface area contributed by atoms with Gasteiger partial charge in [-0.25, -0.2) is 0 Å². The largest absolute Gasteiger partial charge is 0.417 e. The van der Waals surface area contributed by atoms with Gasteiger partial charge >= 0.3 is 6.18 Å². The summed E-state index contributed by atoms with van der Waals surface area (Å²) < 4.78 is 38.3. The Hall–Kier alpha value is -1.08. The lowest BCUT2D eigenvalue weighted by molar-refractivity contribution is -0.138. The molecule has 0 aliphatic rings. The first-order valence-electron chi connectivity index (χ1n) is 6.52. The zero-order chi connectivity index (χ0) is 16.2. The molecule has 3 N–H and O–H groups in total. The Morgan fingerprint density at radius 2 is 2.00 bits per heavy atom. The van der Waals surface area contributed by atoms with Crippen LogP contribution in [0.1, 0.15) is 25.8 Å². The molecular formula is C14H18BrF3N2O. The van der Waals surface area contributed by atoms with E-state index >= 15 is 0 Å². The molecule has 1 atom stereocenters. The van der Waals surface area contributed by atoms with Crippen molar-refractivity contribution in [2.24, 2.45) is 17.6 Å². The molecule has 3 nitrogen and oxygen atoms in total. The van der Waals surface area contributed by atoms with Gasteiger partial charge in [0.2, 0.25) is 5.91 Å². The summed E-state index contributed by atoms with van der Waals surface area (Å²) in [6.07, 6.45) is -3.89. The number of alkyl halides is 3. The first-order valence-corrected chi connectivity index (χ1v) is 7.32. The maximum Gasteiger partial charge on any atom is 0.417 e. The summed E-state index contributed by atoms with van der Waals surface area (Å²) in [6.45, 7) is 4.07. The molecule has 7 heteroatoms. The fourth-order valence-electron chi connectivity index (χ4n) is 1.94. The van der Waals surface area contributed by atoms with Gasteiger partial charge < -0.3 is 11.1 Å². The third kappa shape index (κ3) is 5.32. The van der Waals surface area contributed by atoms with Crippen LogP contribution in [0.2, 0.25) is 0 Å². The second kappa shape index (κ2) is 7.26. The van der Waals surface area contributed by atoms with Crippen LogP contribution in [0.4, 0.5) is 18.9 Å². The molecule has 1 amide bonds. The topological polar surface area (TPSA) is 55.1 Å². The molecule has 0 heterocycles. The van der Waals surface area contributed by atoms with Gasteiger partial charge in [0.05, 0.1) is 11.5 Å². The van der Waals surface area contributed by atoms with Gasteiger partial charge in [-0.05, 0) is 30.5 Å². The van der Waals surface area contributed by atoms with E-state index in [1.54, 1.807) is 0 Å². The van der Waals surface area contributed by atoms with Crippen LogP contribution in [0.15, 0.2) is 22.7 Å². The lowest BCUT2D eigenvalue weighted by atomic mass is 9.96. The summed E-state index contributed by atoms with van der Waals surface area (Å²) >= 11 is 2.86. The van der Waals surface area contributed by atoms with E-state index in [0.29, 0.717) is 6.42 Å². The number of hydrogen-bond acceptors (Lipinski definition) is 2. The monoisotopic (exact) mass is 366 g/mol. The molecule has 0 fully saturated rings. The van der Waals surface area contributed by atoms with Gasteiger partial charge in [0.25, 0.3) is 0 Å². The molecule has 0 aliphatic carbocycles. The number of amides is 1. The normalized spacial score (nSPS) is 13.3. The van der Waals surface area contributed by atoms with Crippen molar-refractivity contribution in [1.82, 2.24) is 0 Å². The second-order valence-corrected chi connectivity index (χ2v) is 6.10. The van der Waals surface area contributed by atoms with Crippen molar-refractivity contribution in [3.8, 4) is 0 Å². The number of hydrogen-bond donors (Lipinski definition) is 2. The molecule has 0 aliphatic heterocycles. The minimum Gasteiger partial charge on any atom is -0.330 e. The predicted molar refractivity (Wildman–Crippen MR) is 79.8 cm³/mol. The van der Waals surface area contributed by atoms with E-state index < -0.39 is 17.7 Å². The number of nitrogens with one attached hydrogen (secondary N) is 1. The highest BCUT2D eigenvalue weighted by atomic mass is 79.9. The number of nitrogens with two attached hydrogens (primary N) is 1. The minimum atomic E-state index is -4.48. The Labute approximate surface area is 130 Å². The molecular weight excluding hydrogens is 349 g/mol. The maximum atomic E-state index is 12.8. The van der Waals surface area contributed by atoms with Gasteiger partial charge in [-0.1, -0.05) is 29.8 Å². The van der Waals surface area contributed by atoms with Gasteiger partial charge in [-0.2, -0.15) is 13.2 Å². The van der Waals surface area contributed by atoms with E-state index in [-0.39, 0.29) is 28.5 Å². The Kier molecular flexibility index (Phi) is 6.22. The van der Waals surface area contributed by atoms with E-state index in [9.17, 15) is 18.0 Å². The van der Waals surface area contributed by atoms with Crippen LogP contribution < -0.4 is 11.1 Å². The number of benzene rings is 1. The summed E-state index contributed by atoms with van der Waals surface area (Å²) in [5.74, 6) is -0.496. The van der Waals surface area contributed by atoms with Crippen molar-refractivity contribution in [1.29, 1.82) is 0 Å². The van der Waals surface area contributed by atoms with Crippen LogP contribution in [-0.4, -0.2) is 12.5 Å². The average Bonchev–Trinajstić information content (AvgIpc) is 2.36. The fraction of sp³-hybridized carbons (Fsp3) is 0.500. The highest BCUT2D eigenvalue weighted by Gasteiger charge is 2.33. The SMILES string of the molecule is CC(C)CC(CN)C(=O)Nc1ccc(Br)c(C(F)(F)F)c1. The van der Waals surface area contributed by atoms with Crippen LogP contribution in [0.25, 0.3) is 0 Å². The molecule has 21 heavy (non-hydrogen) atoms. The van der Waals surface area contributed by atoms with Crippen molar-refractivity contribution in [3.05, 3.63) is 28.2 Å². The highest BCUT2D eigenvalue weighted by Crippen LogP contribution is 2.36. The molecule has 0 spiro atoms. The molecule has 118 valence electrons. The van der Waals surface area contributed by atoms with Crippen molar-refractivity contribution in [3.63, 3.8) is 0 Å². The second-order valence-electron chi connectivity index (χ2n) is 5.24. The summed E-state index contributed by atoms with van der Waals surface area (Å²) in [4.78, 5) is 12.0. The zero-order valence-corrected chi connectivity index (χ0v) is 13.4. The number of carbonyl (C=O) groups is 1. The lowest BCUT2D eigenvalue weighted by Crippen LogP contribution is -2.30. The number of anilines is 1. The van der Waals surface area contributed by atoms with E-state index in [4.69, 9.17) is 5.73 Å². The Bertz CT molecular complexity index is 503. The Balaban J connectivity index is 2.90. The summed E-state index contributed by atoms with van der Waals surface area (Å²) in [5, 5.41) is 2.50. The average molecular weight is 367 g/mol. The molecule has 0 radical (unpaired) electrons. The fourth-order valence-corrected chi connectivity index (χ4v) is 2.42. The van der Waals surface area contributed by atoms with Crippen molar-refractivity contribution >= 4 is 27.5 Å². The lowest BCUT2D eigenvalue weighted by Gasteiger charge is -2.17. The van der Waals surface area contributed by atoms with Crippen molar-refractivity contribution < 1.29 is 18.0 Å². The summed E-state index contributed by atoms with van der Waals surface area (Å²) in [5.41, 5.74) is 4.83. The minimum absolute atomic E-state index is 0.0643. The predicted octanol–water partition coefficient (Wildman–Crippen LogP) is 4.03. The Morgan fingerprint density at radius 1 is 1.38 bits per heavy atom. The van der Waals surface area contributed by atoms with Gasteiger partial charge in [0, 0.05) is 16.7 Å². The van der Waals surface area contributed by atoms with Gasteiger partial charge in [-0.15, -0.1) is 0 Å². The van der Waals surface area contributed by atoms with Crippen LogP contribution in [0, 0.1) is 11.8 Å². The maximum absolute atomic E-state index is 12.8. The zero-order valence-electron chi connectivity index (χ0n) is 11.8. The van der Waals surface area contributed by atoms with Gasteiger partial charge in [0.15, 0.2) is 0 Å². The highest BCUT2D eigenvalue weighted by molar-refractivity contribution is 9.10. The smallest absolute Gasteiger partial charge is 0.330 e. The number of rotatable bonds is 5. The van der Waals surface area contributed by atoms with Gasteiger partial charge in [-0.3, -0.25) is 4.79 Å². The van der Waals surface area contributed by atoms with Crippen molar-refractivity contribution in [2.45, 2.75) is 26.4 Å². The molecule has 1 rings (SSSR count). The number of halogens is 4. The molecule has 1 unspecified atom stereocenters. The van der Waals surface area contributed by atoms with Crippen LogP contribution >= 0.6 is 15.9 Å². The molecule has 0 saturated carbocycles. The molecule has 0 aromatic heterocycles. The van der Waals surface area contributed by atoms with Crippen LogP contribution in [0.3, 0.4) is 0 Å². The quantitative estimate of drug-likeness (QED) is 0.826. The first kappa shape index (κ1) is 18.0. The summed E-state index contributed by atoms with van der Waals surface area (Å²) in [6, 6.07) is 3.59. The van der Waals surface area contributed by atoms with Crippen molar-refractivity contribution in [2.75, 3.05) is 11.9 Å². The third-order valence-electron chi connectivity index (χ3n) is 2.95. The molecule has 0 saturated heterocycles. The van der Waals surface area contributed by atoms with Crippen LogP contribution in [0.5, 0.6) is 0 Å². The summed E-state index contributed by atoms with van der Waals surface area (Å²) in [7, 11) is 0. The van der Waals surface area contributed by atoms with E-state index in [0.717, 1.165) is 6.07 Å². The van der Waals surface area contributed by atoms with E-state index in [1.807, 2.05) is 13.8 Å². The molecule has 0 bridgehead atoms. The first-order chi connectivity index (χ1) is 9.65. The number of carbonyl (C=O) groups excluding carboxylic acids is 1.